The van der Waals surface area contributed by atoms with E-state index in [1.165, 1.54) is 0 Å². The van der Waals surface area contributed by atoms with E-state index in [1.54, 1.807) is 4.90 Å². The third-order valence-corrected chi connectivity index (χ3v) is 5.40. The molecule has 0 bridgehead atoms. The van der Waals surface area contributed by atoms with Crippen LogP contribution in [0.5, 0.6) is 0 Å². The van der Waals surface area contributed by atoms with E-state index in [1.807, 2.05) is 24.3 Å². The predicted molar refractivity (Wildman–Crippen MR) is 72.9 cm³/mol. The number of rotatable bonds is 1. The number of fused-ring (bicyclic) bond motifs is 1. The molecule has 1 fully saturated rings. The summed E-state index contributed by atoms with van der Waals surface area (Å²) >= 11 is 0. The maximum atomic E-state index is 12.5. The van der Waals surface area contributed by atoms with Gasteiger partial charge in [0, 0.05) is 25.3 Å². The van der Waals surface area contributed by atoms with Crippen LogP contribution >= 0.6 is 0 Å². The fourth-order valence-electron chi connectivity index (χ4n) is 2.66. The van der Waals surface area contributed by atoms with Crippen molar-refractivity contribution < 1.29 is 13.2 Å². The molecule has 0 aliphatic carbocycles. The topological polar surface area (TPSA) is 66.5 Å². The summed E-state index contributed by atoms with van der Waals surface area (Å²) < 4.78 is 22.8. The van der Waals surface area contributed by atoms with Gasteiger partial charge in [-0.3, -0.25) is 4.79 Å². The van der Waals surface area contributed by atoms with Crippen LogP contribution in [0.2, 0.25) is 0 Å². The highest BCUT2D eigenvalue weighted by Crippen LogP contribution is 2.32. The Morgan fingerprint density at radius 2 is 1.89 bits per heavy atom. The van der Waals surface area contributed by atoms with Crippen molar-refractivity contribution in [2.24, 2.45) is 0 Å². The number of nitrogens with one attached hydrogen (secondary N) is 1. The number of sulfone groups is 1. The molecule has 0 spiro atoms. The number of carbonyl (C=O) groups is 1. The molecule has 0 radical (unpaired) electrons. The molecule has 1 aromatic carbocycles. The molecule has 0 saturated carbocycles. The molecule has 5 nitrogen and oxygen atoms in total. The number of para-hydroxylation sites is 1. The van der Waals surface area contributed by atoms with Crippen molar-refractivity contribution in [3.05, 3.63) is 29.8 Å². The van der Waals surface area contributed by atoms with Gasteiger partial charge in [-0.2, -0.15) is 0 Å². The van der Waals surface area contributed by atoms with Gasteiger partial charge in [0.25, 0.3) is 0 Å². The molecule has 1 unspecified atom stereocenters. The second kappa shape index (κ2) is 4.52. The van der Waals surface area contributed by atoms with E-state index in [9.17, 15) is 13.2 Å². The molecule has 0 aromatic heterocycles. The summed E-state index contributed by atoms with van der Waals surface area (Å²) in [6.45, 7) is 1.24. The van der Waals surface area contributed by atoms with E-state index < -0.39 is 9.84 Å². The van der Waals surface area contributed by atoms with E-state index in [2.05, 4.69) is 5.32 Å². The number of nitrogens with zero attached hydrogens (tertiary/aromatic N) is 1. The van der Waals surface area contributed by atoms with Gasteiger partial charge in [0.15, 0.2) is 9.84 Å². The van der Waals surface area contributed by atoms with Crippen molar-refractivity contribution in [3.63, 3.8) is 0 Å². The molecule has 1 amide bonds. The molecule has 2 aliphatic heterocycles. The Morgan fingerprint density at radius 3 is 2.63 bits per heavy atom. The van der Waals surface area contributed by atoms with Crippen molar-refractivity contribution in [1.82, 2.24) is 4.90 Å². The van der Waals surface area contributed by atoms with Gasteiger partial charge in [-0.1, -0.05) is 18.2 Å². The van der Waals surface area contributed by atoms with Gasteiger partial charge in [0.2, 0.25) is 5.91 Å². The lowest BCUT2D eigenvalue weighted by molar-refractivity contribution is -0.132. The van der Waals surface area contributed by atoms with Gasteiger partial charge in [0.1, 0.15) is 0 Å². The summed E-state index contributed by atoms with van der Waals surface area (Å²) in [5.74, 6) is 0.0190. The number of hydrogen-bond acceptors (Lipinski definition) is 4. The Kier molecular flexibility index (Phi) is 2.97. The van der Waals surface area contributed by atoms with Gasteiger partial charge in [0.05, 0.1) is 17.4 Å². The second-order valence-electron chi connectivity index (χ2n) is 5.00. The van der Waals surface area contributed by atoms with Crippen LogP contribution in [0.25, 0.3) is 0 Å². The van der Waals surface area contributed by atoms with Crippen LogP contribution in [0.15, 0.2) is 24.3 Å². The first-order chi connectivity index (χ1) is 9.07. The normalized spacial score (nSPS) is 24.6. The maximum Gasteiger partial charge on any atom is 0.232 e. The molecular formula is C13H16N2O3S. The second-order valence-corrected chi connectivity index (χ2v) is 7.30. The minimum absolute atomic E-state index is 0.0346. The number of anilines is 1. The van der Waals surface area contributed by atoms with E-state index in [4.69, 9.17) is 0 Å². The standard InChI is InChI=1S/C13H16N2O3S/c16-13(15-5-7-19(17,18)8-6-15)11-9-14-12-4-2-1-3-10(11)12/h1-4,11,14H,5-9H2. The number of amides is 1. The molecule has 6 heteroatoms. The van der Waals surface area contributed by atoms with Crippen molar-refractivity contribution in [3.8, 4) is 0 Å². The third-order valence-electron chi connectivity index (χ3n) is 3.79. The quantitative estimate of drug-likeness (QED) is 0.811. The summed E-state index contributed by atoms with van der Waals surface area (Å²) in [5.41, 5.74) is 2.02. The van der Waals surface area contributed by atoms with Crippen molar-refractivity contribution in [1.29, 1.82) is 0 Å². The number of benzene rings is 1. The predicted octanol–water partition coefficient (Wildman–Crippen LogP) is 0.453. The summed E-state index contributed by atoms with van der Waals surface area (Å²) in [7, 11) is -2.94. The Labute approximate surface area is 112 Å². The van der Waals surface area contributed by atoms with Gasteiger partial charge in [-0.05, 0) is 11.6 Å². The molecule has 1 N–H and O–H groups in total. The maximum absolute atomic E-state index is 12.5. The van der Waals surface area contributed by atoms with E-state index in [0.717, 1.165) is 11.3 Å². The van der Waals surface area contributed by atoms with Crippen molar-refractivity contribution in [2.45, 2.75) is 5.92 Å². The molecule has 102 valence electrons. The van der Waals surface area contributed by atoms with E-state index in [-0.39, 0.29) is 23.3 Å². The highest BCUT2D eigenvalue weighted by molar-refractivity contribution is 7.91. The molecule has 2 heterocycles. The molecule has 2 aliphatic rings. The summed E-state index contributed by atoms with van der Waals surface area (Å²) in [4.78, 5) is 14.1. The Morgan fingerprint density at radius 1 is 1.21 bits per heavy atom. The molecule has 1 aromatic rings. The SMILES string of the molecule is O=C(C1CNc2ccccc21)N1CCS(=O)(=O)CC1. The fourth-order valence-corrected chi connectivity index (χ4v) is 3.86. The molecule has 19 heavy (non-hydrogen) atoms. The third kappa shape index (κ3) is 2.32. The first-order valence-corrected chi connectivity index (χ1v) is 8.21. The molecule has 3 rings (SSSR count). The number of hydrogen-bond donors (Lipinski definition) is 1. The van der Waals surface area contributed by atoms with Gasteiger partial charge >= 0.3 is 0 Å². The highest BCUT2D eigenvalue weighted by Gasteiger charge is 2.34. The van der Waals surface area contributed by atoms with E-state index in [0.29, 0.717) is 19.6 Å². The highest BCUT2D eigenvalue weighted by atomic mass is 32.2. The van der Waals surface area contributed by atoms with Crippen LogP contribution in [-0.4, -0.2) is 50.4 Å². The Balaban J connectivity index is 1.76. The largest absolute Gasteiger partial charge is 0.384 e. The lowest BCUT2D eigenvalue weighted by Crippen LogP contribution is -2.45. The van der Waals surface area contributed by atoms with Crippen LogP contribution in [0.1, 0.15) is 11.5 Å². The van der Waals surface area contributed by atoms with Gasteiger partial charge in [-0.25, -0.2) is 8.42 Å². The van der Waals surface area contributed by atoms with Crippen LogP contribution in [0, 0.1) is 0 Å². The van der Waals surface area contributed by atoms with E-state index >= 15 is 0 Å². The van der Waals surface area contributed by atoms with Crippen LogP contribution in [0.4, 0.5) is 5.69 Å². The van der Waals surface area contributed by atoms with Gasteiger partial charge < -0.3 is 10.2 Å². The first-order valence-electron chi connectivity index (χ1n) is 6.39. The zero-order valence-corrected chi connectivity index (χ0v) is 11.3. The smallest absolute Gasteiger partial charge is 0.232 e. The summed E-state index contributed by atoms with van der Waals surface area (Å²) in [6.07, 6.45) is 0. The molecule has 1 atom stereocenters. The van der Waals surface area contributed by atoms with Crippen molar-refractivity contribution >= 4 is 21.4 Å². The lowest BCUT2D eigenvalue weighted by atomic mass is 10.00. The van der Waals surface area contributed by atoms with Crippen LogP contribution < -0.4 is 5.32 Å². The minimum atomic E-state index is -2.94. The Bertz CT molecular complexity index is 598. The van der Waals surface area contributed by atoms with Crippen molar-refractivity contribution in [2.75, 3.05) is 36.5 Å². The minimum Gasteiger partial charge on any atom is -0.384 e. The lowest BCUT2D eigenvalue weighted by Gasteiger charge is -2.29. The summed E-state index contributed by atoms with van der Waals surface area (Å²) in [5, 5.41) is 3.22. The van der Waals surface area contributed by atoms with Gasteiger partial charge in [-0.15, -0.1) is 0 Å². The zero-order valence-electron chi connectivity index (χ0n) is 10.5. The first kappa shape index (κ1) is 12.5. The number of carbonyl (C=O) groups excluding carboxylic acids is 1. The molecular weight excluding hydrogens is 264 g/mol. The van der Waals surface area contributed by atoms with Crippen LogP contribution in [-0.2, 0) is 14.6 Å². The average molecular weight is 280 g/mol. The monoisotopic (exact) mass is 280 g/mol. The Hall–Kier alpha value is -1.56. The van der Waals surface area contributed by atoms with Crippen LogP contribution in [0.3, 0.4) is 0 Å². The average Bonchev–Trinajstić information content (AvgIpc) is 2.82. The zero-order chi connectivity index (χ0) is 13.5. The fraction of sp³-hybridized carbons (Fsp3) is 0.462. The summed E-state index contributed by atoms with van der Waals surface area (Å²) in [6, 6.07) is 7.78. The molecule has 1 saturated heterocycles.